The number of hydrogen-bond acceptors (Lipinski definition) is 6. The summed E-state index contributed by atoms with van der Waals surface area (Å²) >= 11 is 1.66. The molecule has 7 nitrogen and oxygen atoms in total. The minimum Gasteiger partial charge on any atom is -0.497 e. The predicted octanol–water partition coefficient (Wildman–Crippen LogP) is 4.58. The first-order chi connectivity index (χ1) is 17.0. The first kappa shape index (κ1) is 23.3. The van der Waals surface area contributed by atoms with E-state index in [0.29, 0.717) is 13.1 Å². The Balaban J connectivity index is 1.20. The molecule has 1 saturated heterocycles. The molecular formula is C27H29N5O2S. The van der Waals surface area contributed by atoms with Crippen molar-refractivity contribution < 1.29 is 9.53 Å². The number of carbonyl (C=O) groups is 1. The summed E-state index contributed by atoms with van der Waals surface area (Å²) < 4.78 is 7.29. The Morgan fingerprint density at radius 2 is 1.83 bits per heavy atom. The SMILES string of the molecule is COc1ccc(-c2nc(CN3CCN(C(=O)c4cc(C)n(-c5ccccn5)c4C)CC3)cs2)cc1. The number of thiazole rings is 1. The van der Waals surface area contributed by atoms with Gasteiger partial charge < -0.3 is 14.2 Å². The number of ether oxygens (including phenoxy) is 1. The Bertz CT molecular complexity index is 1310. The van der Waals surface area contributed by atoms with Crippen LogP contribution in [0.4, 0.5) is 0 Å². The van der Waals surface area contributed by atoms with Gasteiger partial charge in [0, 0.05) is 61.3 Å². The van der Waals surface area contributed by atoms with Crippen LogP contribution in [0.2, 0.25) is 0 Å². The van der Waals surface area contributed by atoms with Crippen LogP contribution in [0.5, 0.6) is 5.75 Å². The molecule has 0 bridgehead atoms. The standard InChI is InChI=1S/C27H29N5O2S/c1-19-16-24(20(2)32(19)25-6-4-5-11-28-25)27(33)31-14-12-30(13-15-31)17-22-18-35-26(29-22)21-7-9-23(34-3)10-8-21/h4-11,16,18H,12-15,17H2,1-3H3. The Hall–Kier alpha value is -3.49. The third kappa shape index (κ3) is 4.85. The smallest absolute Gasteiger partial charge is 0.255 e. The second-order valence-electron chi connectivity index (χ2n) is 8.75. The van der Waals surface area contributed by atoms with E-state index in [9.17, 15) is 4.79 Å². The van der Waals surface area contributed by atoms with E-state index in [2.05, 4.69) is 15.3 Å². The van der Waals surface area contributed by atoms with Gasteiger partial charge in [0.25, 0.3) is 5.91 Å². The maximum Gasteiger partial charge on any atom is 0.255 e. The lowest BCUT2D eigenvalue weighted by atomic mass is 10.2. The molecule has 3 aromatic heterocycles. The van der Waals surface area contributed by atoms with Crippen LogP contribution in [0.1, 0.15) is 27.4 Å². The molecule has 1 fully saturated rings. The summed E-state index contributed by atoms with van der Waals surface area (Å²) in [7, 11) is 1.67. The number of aryl methyl sites for hydroxylation is 1. The summed E-state index contributed by atoms with van der Waals surface area (Å²) in [5.41, 5.74) is 4.87. The molecule has 0 spiro atoms. The molecule has 1 aliphatic heterocycles. The van der Waals surface area contributed by atoms with E-state index in [1.807, 2.05) is 71.8 Å². The first-order valence-corrected chi connectivity index (χ1v) is 12.6. The van der Waals surface area contributed by atoms with Gasteiger partial charge >= 0.3 is 0 Å². The summed E-state index contributed by atoms with van der Waals surface area (Å²) in [4.78, 5) is 27.0. The molecule has 1 aliphatic rings. The molecule has 180 valence electrons. The van der Waals surface area contributed by atoms with Crippen molar-refractivity contribution >= 4 is 17.2 Å². The Labute approximate surface area is 209 Å². The van der Waals surface area contributed by atoms with E-state index in [0.717, 1.165) is 64.4 Å². The minimum absolute atomic E-state index is 0.0929. The van der Waals surface area contributed by atoms with Gasteiger partial charge in [0.2, 0.25) is 0 Å². The highest BCUT2D eigenvalue weighted by Gasteiger charge is 2.26. The molecule has 0 aliphatic carbocycles. The van der Waals surface area contributed by atoms with Gasteiger partial charge in [-0.3, -0.25) is 9.69 Å². The van der Waals surface area contributed by atoms with Gasteiger partial charge in [-0.1, -0.05) is 6.07 Å². The fourth-order valence-corrected chi connectivity index (χ4v) is 5.39. The summed E-state index contributed by atoms with van der Waals surface area (Å²) in [5, 5.41) is 3.14. The van der Waals surface area contributed by atoms with Crippen LogP contribution < -0.4 is 4.74 Å². The highest BCUT2D eigenvalue weighted by atomic mass is 32.1. The van der Waals surface area contributed by atoms with Crippen molar-refractivity contribution in [2.45, 2.75) is 20.4 Å². The molecule has 4 aromatic rings. The highest BCUT2D eigenvalue weighted by Crippen LogP contribution is 2.27. The lowest BCUT2D eigenvalue weighted by Crippen LogP contribution is -2.48. The van der Waals surface area contributed by atoms with Gasteiger partial charge in [0.05, 0.1) is 18.4 Å². The van der Waals surface area contributed by atoms with Crippen LogP contribution in [-0.2, 0) is 6.54 Å². The number of hydrogen-bond donors (Lipinski definition) is 0. The van der Waals surface area contributed by atoms with E-state index < -0.39 is 0 Å². The van der Waals surface area contributed by atoms with E-state index in [1.165, 1.54) is 0 Å². The topological polar surface area (TPSA) is 63.5 Å². The third-order valence-electron chi connectivity index (χ3n) is 6.47. The summed E-state index contributed by atoms with van der Waals surface area (Å²) in [6, 6.07) is 15.8. The number of pyridine rings is 1. The second kappa shape index (κ2) is 10.0. The molecule has 1 aromatic carbocycles. The second-order valence-corrected chi connectivity index (χ2v) is 9.61. The quantitative estimate of drug-likeness (QED) is 0.398. The number of aromatic nitrogens is 3. The number of rotatable bonds is 6. The molecule has 35 heavy (non-hydrogen) atoms. The van der Waals surface area contributed by atoms with Crippen LogP contribution in [0, 0.1) is 13.8 Å². The molecule has 4 heterocycles. The fourth-order valence-electron chi connectivity index (χ4n) is 4.57. The zero-order valence-electron chi connectivity index (χ0n) is 20.3. The molecule has 0 unspecified atom stereocenters. The van der Waals surface area contributed by atoms with E-state index in [1.54, 1.807) is 24.6 Å². The summed E-state index contributed by atoms with van der Waals surface area (Å²) in [5.74, 6) is 1.77. The molecular weight excluding hydrogens is 458 g/mol. The van der Waals surface area contributed by atoms with Crippen molar-refractivity contribution in [1.82, 2.24) is 24.3 Å². The van der Waals surface area contributed by atoms with Crippen molar-refractivity contribution in [3.8, 4) is 22.1 Å². The maximum absolute atomic E-state index is 13.3. The Kier molecular flexibility index (Phi) is 6.66. The van der Waals surface area contributed by atoms with Crippen molar-refractivity contribution in [3.63, 3.8) is 0 Å². The number of piperazine rings is 1. The minimum atomic E-state index is 0.0929. The van der Waals surface area contributed by atoms with E-state index in [4.69, 9.17) is 9.72 Å². The van der Waals surface area contributed by atoms with E-state index in [-0.39, 0.29) is 5.91 Å². The fraction of sp³-hybridized carbons (Fsp3) is 0.296. The molecule has 0 radical (unpaired) electrons. The molecule has 5 rings (SSSR count). The summed E-state index contributed by atoms with van der Waals surface area (Å²) in [6.07, 6.45) is 1.78. The number of nitrogens with zero attached hydrogens (tertiary/aromatic N) is 5. The maximum atomic E-state index is 13.3. The molecule has 0 saturated carbocycles. The van der Waals surface area contributed by atoms with Gasteiger partial charge in [-0.25, -0.2) is 9.97 Å². The van der Waals surface area contributed by atoms with Gasteiger partial charge in [-0.2, -0.15) is 0 Å². The first-order valence-electron chi connectivity index (χ1n) is 11.7. The number of methoxy groups -OCH3 is 1. The lowest BCUT2D eigenvalue weighted by molar-refractivity contribution is 0.0626. The van der Waals surface area contributed by atoms with Gasteiger partial charge in [-0.05, 0) is 56.3 Å². The van der Waals surface area contributed by atoms with Gasteiger partial charge in [-0.15, -0.1) is 11.3 Å². The van der Waals surface area contributed by atoms with Crippen molar-refractivity contribution in [2.24, 2.45) is 0 Å². The highest BCUT2D eigenvalue weighted by molar-refractivity contribution is 7.13. The normalized spacial score (nSPS) is 14.3. The Morgan fingerprint density at radius 1 is 1.06 bits per heavy atom. The molecule has 1 amide bonds. The van der Waals surface area contributed by atoms with Crippen molar-refractivity contribution in [1.29, 1.82) is 0 Å². The van der Waals surface area contributed by atoms with Crippen LogP contribution in [0.15, 0.2) is 60.1 Å². The van der Waals surface area contributed by atoms with Crippen molar-refractivity contribution in [2.75, 3.05) is 33.3 Å². The molecule has 8 heteroatoms. The van der Waals surface area contributed by atoms with Gasteiger partial charge in [0.15, 0.2) is 0 Å². The Morgan fingerprint density at radius 3 is 2.51 bits per heavy atom. The monoisotopic (exact) mass is 487 g/mol. The zero-order chi connectivity index (χ0) is 24.4. The number of carbonyl (C=O) groups excluding carboxylic acids is 1. The van der Waals surface area contributed by atoms with Crippen LogP contribution in [0.3, 0.4) is 0 Å². The predicted molar refractivity (Wildman–Crippen MR) is 138 cm³/mol. The van der Waals surface area contributed by atoms with Crippen molar-refractivity contribution in [3.05, 3.63) is 82.8 Å². The third-order valence-corrected chi connectivity index (χ3v) is 7.41. The molecule has 0 N–H and O–H groups in total. The largest absolute Gasteiger partial charge is 0.497 e. The van der Waals surface area contributed by atoms with Crippen LogP contribution in [0.25, 0.3) is 16.4 Å². The number of benzene rings is 1. The lowest BCUT2D eigenvalue weighted by Gasteiger charge is -2.34. The average molecular weight is 488 g/mol. The zero-order valence-corrected chi connectivity index (χ0v) is 21.1. The summed E-state index contributed by atoms with van der Waals surface area (Å²) in [6.45, 7) is 7.89. The number of amides is 1. The van der Waals surface area contributed by atoms with Gasteiger partial charge in [0.1, 0.15) is 16.6 Å². The van der Waals surface area contributed by atoms with Crippen LogP contribution in [-0.4, -0.2) is 63.5 Å². The van der Waals surface area contributed by atoms with E-state index >= 15 is 0 Å². The average Bonchev–Trinajstić information content (AvgIpc) is 3.48. The molecule has 0 atom stereocenters. The van der Waals surface area contributed by atoms with Crippen LogP contribution >= 0.6 is 11.3 Å².